The molecule has 0 fully saturated rings. The summed E-state index contributed by atoms with van der Waals surface area (Å²) in [7, 11) is 0. The van der Waals surface area contributed by atoms with Gasteiger partial charge in [-0.05, 0) is 12.1 Å². The summed E-state index contributed by atoms with van der Waals surface area (Å²) >= 11 is 0. The Labute approximate surface area is 74.3 Å². The van der Waals surface area contributed by atoms with Gasteiger partial charge in [0.25, 0.3) is 0 Å². The molecule has 1 amide bonds. The molecule has 62 valence electrons. The van der Waals surface area contributed by atoms with Crippen molar-refractivity contribution in [1.82, 2.24) is 4.57 Å². The number of hydrogen-bond donors (Lipinski definition) is 0. The van der Waals surface area contributed by atoms with Crippen LogP contribution in [-0.4, -0.2) is 16.8 Å². The van der Waals surface area contributed by atoms with Crippen LogP contribution >= 0.6 is 0 Å². The van der Waals surface area contributed by atoms with E-state index in [9.17, 15) is 4.79 Å². The summed E-state index contributed by atoms with van der Waals surface area (Å²) in [5.41, 5.74) is 1.80. The van der Waals surface area contributed by atoms with Gasteiger partial charge in [-0.15, -0.1) is 0 Å². The Morgan fingerprint density at radius 2 is 2.08 bits per heavy atom. The summed E-state index contributed by atoms with van der Waals surface area (Å²) in [4.78, 5) is 15.0. The quantitative estimate of drug-likeness (QED) is 0.595. The lowest BCUT2D eigenvalue weighted by molar-refractivity contribution is 0.252. The van der Waals surface area contributed by atoms with Gasteiger partial charge in [0.05, 0.1) is 17.4 Å². The summed E-state index contributed by atoms with van der Waals surface area (Å²) in [6.45, 7) is 0. The minimum absolute atomic E-state index is 0.198. The lowest BCUT2D eigenvalue weighted by Gasteiger charge is -1.95. The third-order valence-electron chi connectivity index (χ3n) is 2.24. The first kappa shape index (κ1) is 6.60. The van der Waals surface area contributed by atoms with Crippen molar-refractivity contribution in [3.63, 3.8) is 0 Å². The van der Waals surface area contributed by atoms with Gasteiger partial charge in [0.15, 0.2) is 0 Å². The van der Waals surface area contributed by atoms with Crippen LogP contribution in [0.4, 0.5) is 4.79 Å². The number of aromatic nitrogens is 1. The number of para-hydroxylation sites is 1. The van der Waals surface area contributed by atoms with E-state index in [1.54, 1.807) is 10.8 Å². The third-order valence-corrected chi connectivity index (χ3v) is 2.24. The fourth-order valence-corrected chi connectivity index (χ4v) is 1.66. The zero-order chi connectivity index (χ0) is 8.84. The van der Waals surface area contributed by atoms with Crippen LogP contribution in [0.1, 0.15) is 5.69 Å². The van der Waals surface area contributed by atoms with Crippen molar-refractivity contribution in [2.75, 3.05) is 0 Å². The molecule has 1 aromatic heterocycles. The SMILES string of the molecule is O=C1N=Cc2cc3ccccc3n21. The molecule has 0 bridgehead atoms. The number of carbonyl (C=O) groups excluding carboxylic acids is 1. The van der Waals surface area contributed by atoms with Gasteiger partial charge >= 0.3 is 6.03 Å². The average Bonchev–Trinajstić information content (AvgIpc) is 2.66. The van der Waals surface area contributed by atoms with Crippen molar-refractivity contribution in [2.24, 2.45) is 4.99 Å². The number of fused-ring (bicyclic) bond motifs is 3. The van der Waals surface area contributed by atoms with E-state index in [-0.39, 0.29) is 6.03 Å². The van der Waals surface area contributed by atoms with E-state index >= 15 is 0 Å². The van der Waals surface area contributed by atoms with Crippen LogP contribution in [0.25, 0.3) is 10.9 Å². The van der Waals surface area contributed by atoms with Crippen molar-refractivity contribution < 1.29 is 4.79 Å². The molecule has 0 atom stereocenters. The molecule has 1 aliphatic rings. The summed E-state index contributed by atoms with van der Waals surface area (Å²) in [5.74, 6) is 0. The van der Waals surface area contributed by atoms with Gasteiger partial charge in [-0.25, -0.2) is 4.79 Å². The summed E-state index contributed by atoms with van der Waals surface area (Å²) in [5, 5.41) is 1.08. The minimum Gasteiger partial charge on any atom is -0.259 e. The van der Waals surface area contributed by atoms with Crippen molar-refractivity contribution in [3.8, 4) is 0 Å². The van der Waals surface area contributed by atoms with Gasteiger partial charge in [-0.3, -0.25) is 4.57 Å². The lowest BCUT2D eigenvalue weighted by atomic mass is 10.2. The predicted octanol–water partition coefficient (Wildman–Crippen LogP) is 2.04. The van der Waals surface area contributed by atoms with E-state index < -0.39 is 0 Å². The van der Waals surface area contributed by atoms with Gasteiger partial charge < -0.3 is 0 Å². The normalized spacial score (nSPS) is 14.0. The van der Waals surface area contributed by atoms with Gasteiger partial charge in [-0.2, -0.15) is 4.99 Å². The Morgan fingerprint density at radius 3 is 3.00 bits per heavy atom. The number of aliphatic imine (C=N–C) groups is 1. The van der Waals surface area contributed by atoms with Crippen LogP contribution in [-0.2, 0) is 0 Å². The van der Waals surface area contributed by atoms with Gasteiger partial charge in [0, 0.05) is 5.39 Å². The average molecular weight is 170 g/mol. The Morgan fingerprint density at radius 1 is 1.23 bits per heavy atom. The summed E-state index contributed by atoms with van der Waals surface area (Å²) < 4.78 is 1.62. The van der Waals surface area contributed by atoms with E-state index in [4.69, 9.17) is 0 Å². The molecule has 0 radical (unpaired) electrons. The van der Waals surface area contributed by atoms with Crippen molar-refractivity contribution in [3.05, 3.63) is 36.0 Å². The predicted molar refractivity (Wildman–Crippen MR) is 50.3 cm³/mol. The molecule has 2 heterocycles. The lowest BCUT2D eigenvalue weighted by Crippen LogP contribution is -2.01. The minimum atomic E-state index is -0.198. The molecule has 0 N–H and O–H groups in total. The number of nitrogens with zero attached hydrogens (tertiary/aromatic N) is 2. The molecule has 1 aromatic carbocycles. The standard InChI is InChI=1S/C10H6N2O/c13-10-11-6-8-5-7-3-1-2-4-9(7)12(8)10/h1-6H. The zero-order valence-electron chi connectivity index (χ0n) is 6.77. The molecule has 13 heavy (non-hydrogen) atoms. The maximum absolute atomic E-state index is 11.3. The number of carbonyl (C=O) groups is 1. The molecule has 0 aliphatic carbocycles. The topological polar surface area (TPSA) is 34.4 Å². The second-order valence-electron chi connectivity index (χ2n) is 3.00. The first-order chi connectivity index (χ1) is 6.36. The van der Waals surface area contributed by atoms with Crippen molar-refractivity contribution in [1.29, 1.82) is 0 Å². The van der Waals surface area contributed by atoms with E-state index in [0.717, 1.165) is 16.6 Å². The first-order valence-corrected chi connectivity index (χ1v) is 4.05. The largest absolute Gasteiger partial charge is 0.352 e. The maximum atomic E-state index is 11.3. The van der Waals surface area contributed by atoms with Crippen molar-refractivity contribution in [2.45, 2.75) is 0 Å². The zero-order valence-corrected chi connectivity index (χ0v) is 6.77. The molecule has 0 saturated heterocycles. The van der Waals surface area contributed by atoms with Gasteiger partial charge in [0.1, 0.15) is 0 Å². The molecule has 0 spiro atoms. The van der Waals surface area contributed by atoms with Crippen molar-refractivity contribution >= 4 is 23.1 Å². The molecular formula is C10H6N2O. The highest BCUT2D eigenvalue weighted by atomic mass is 16.2. The number of rotatable bonds is 0. The smallest absolute Gasteiger partial charge is 0.259 e. The van der Waals surface area contributed by atoms with Crippen LogP contribution in [0.3, 0.4) is 0 Å². The fraction of sp³-hybridized carbons (Fsp3) is 0. The Bertz CT molecular complexity index is 537. The van der Waals surface area contributed by atoms with Crippen LogP contribution in [0.2, 0.25) is 0 Å². The number of amides is 1. The highest BCUT2D eigenvalue weighted by Crippen LogP contribution is 2.21. The van der Waals surface area contributed by atoms with E-state index in [0.29, 0.717) is 0 Å². The number of benzene rings is 1. The molecule has 3 heteroatoms. The third kappa shape index (κ3) is 0.731. The molecule has 2 aromatic rings. The van der Waals surface area contributed by atoms with Crippen LogP contribution < -0.4 is 0 Å². The summed E-state index contributed by atoms with van der Waals surface area (Å²) in [6.07, 6.45) is 1.60. The van der Waals surface area contributed by atoms with Crippen LogP contribution in [0.15, 0.2) is 35.3 Å². The Hall–Kier alpha value is -1.90. The molecule has 0 saturated carbocycles. The first-order valence-electron chi connectivity index (χ1n) is 4.05. The summed E-state index contributed by atoms with van der Waals surface area (Å²) in [6, 6.07) is 9.55. The van der Waals surface area contributed by atoms with Crippen LogP contribution in [0.5, 0.6) is 0 Å². The van der Waals surface area contributed by atoms with Gasteiger partial charge in [0.2, 0.25) is 0 Å². The highest BCUT2D eigenvalue weighted by molar-refractivity contribution is 6.07. The molecule has 1 aliphatic heterocycles. The molecule has 0 unspecified atom stereocenters. The maximum Gasteiger partial charge on any atom is 0.352 e. The molecular weight excluding hydrogens is 164 g/mol. The van der Waals surface area contributed by atoms with E-state index in [1.165, 1.54) is 0 Å². The number of hydrogen-bond acceptors (Lipinski definition) is 1. The molecule has 3 rings (SSSR count). The fourth-order valence-electron chi connectivity index (χ4n) is 1.66. The highest BCUT2D eigenvalue weighted by Gasteiger charge is 2.16. The van der Waals surface area contributed by atoms with E-state index in [2.05, 4.69) is 4.99 Å². The Kier molecular flexibility index (Phi) is 1.05. The second-order valence-corrected chi connectivity index (χ2v) is 3.00. The Balaban J connectivity index is 2.51. The monoisotopic (exact) mass is 170 g/mol. The van der Waals surface area contributed by atoms with E-state index in [1.807, 2.05) is 30.3 Å². The van der Waals surface area contributed by atoms with Gasteiger partial charge in [-0.1, -0.05) is 18.2 Å². The van der Waals surface area contributed by atoms with Crippen LogP contribution in [0, 0.1) is 0 Å². The molecule has 3 nitrogen and oxygen atoms in total. The second kappa shape index (κ2) is 2.07.